The molecule has 0 unspecified atom stereocenters. The van der Waals surface area contributed by atoms with Gasteiger partial charge in [-0.3, -0.25) is 5.10 Å². The average Bonchev–Trinajstić information content (AvgIpc) is 3.19. The van der Waals surface area contributed by atoms with Crippen molar-refractivity contribution in [3.63, 3.8) is 0 Å². The van der Waals surface area contributed by atoms with Crippen LogP contribution in [-0.2, 0) is 0 Å². The molecule has 0 bridgehead atoms. The lowest BCUT2D eigenvalue weighted by atomic mass is 10.1. The minimum atomic E-state index is 0.550. The molecule has 1 N–H and O–H groups in total. The smallest absolute Gasteiger partial charge is 0.181 e. The van der Waals surface area contributed by atoms with Crippen molar-refractivity contribution >= 4 is 0 Å². The van der Waals surface area contributed by atoms with Crippen molar-refractivity contribution in [2.45, 2.75) is 13.8 Å². The molecule has 2 aromatic carbocycles. The van der Waals surface area contributed by atoms with Crippen LogP contribution < -0.4 is 18.9 Å². The number of nitrogens with one attached hydrogen (secondary N) is 1. The summed E-state index contributed by atoms with van der Waals surface area (Å²) in [5, 5.41) is 7.30. The minimum Gasteiger partial charge on any atom is -0.493 e. The summed E-state index contributed by atoms with van der Waals surface area (Å²) in [4.78, 5) is 4.60. The van der Waals surface area contributed by atoms with Crippen LogP contribution in [0.5, 0.6) is 23.0 Å². The number of hydrogen-bond donors (Lipinski definition) is 1. The van der Waals surface area contributed by atoms with E-state index in [2.05, 4.69) is 15.2 Å². The van der Waals surface area contributed by atoms with Gasteiger partial charge in [-0.25, -0.2) is 4.98 Å². The maximum atomic E-state index is 5.68. The van der Waals surface area contributed by atoms with E-state index in [1.54, 1.807) is 14.2 Å². The Morgan fingerprint density at radius 3 is 2.11 bits per heavy atom. The average molecular weight is 369 g/mol. The summed E-state index contributed by atoms with van der Waals surface area (Å²) in [6, 6.07) is 11.3. The molecule has 0 atom stereocenters. The monoisotopic (exact) mass is 369 g/mol. The van der Waals surface area contributed by atoms with Gasteiger partial charge < -0.3 is 18.9 Å². The van der Waals surface area contributed by atoms with Gasteiger partial charge in [-0.1, -0.05) is 0 Å². The number of aromatic nitrogens is 3. The van der Waals surface area contributed by atoms with Crippen molar-refractivity contribution in [2.24, 2.45) is 0 Å². The summed E-state index contributed by atoms with van der Waals surface area (Å²) in [5.74, 6) is 3.89. The Kier molecular flexibility index (Phi) is 5.80. The Morgan fingerprint density at radius 2 is 1.41 bits per heavy atom. The van der Waals surface area contributed by atoms with E-state index in [4.69, 9.17) is 18.9 Å². The number of methoxy groups -OCH3 is 2. The van der Waals surface area contributed by atoms with Crippen molar-refractivity contribution in [2.75, 3.05) is 27.4 Å². The standard InChI is InChI=1S/C20H23N3O4/c1-5-26-16-10-8-14(12-18(16)27-6-2)20-21-19(22-23-20)13-7-9-15(24-3)17(11-13)25-4/h7-12H,5-6H2,1-4H3,(H,21,22,23). The fraction of sp³-hybridized carbons (Fsp3) is 0.300. The summed E-state index contributed by atoms with van der Waals surface area (Å²) in [5.41, 5.74) is 1.69. The van der Waals surface area contributed by atoms with E-state index in [1.807, 2.05) is 50.2 Å². The van der Waals surface area contributed by atoms with E-state index >= 15 is 0 Å². The van der Waals surface area contributed by atoms with Crippen LogP contribution in [-0.4, -0.2) is 42.6 Å². The van der Waals surface area contributed by atoms with Gasteiger partial charge in [0.2, 0.25) is 0 Å². The predicted octanol–water partition coefficient (Wildman–Crippen LogP) is 3.95. The molecule has 3 aromatic rings. The third-order valence-electron chi connectivity index (χ3n) is 3.94. The molecule has 0 amide bonds. The van der Waals surface area contributed by atoms with Gasteiger partial charge in [-0.2, -0.15) is 5.10 Å². The zero-order valence-corrected chi connectivity index (χ0v) is 15.9. The number of benzene rings is 2. The molecule has 0 saturated heterocycles. The maximum absolute atomic E-state index is 5.68. The number of aromatic amines is 1. The Bertz CT molecular complexity index is 908. The van der Waals surface area contributed by atoms with Crippen LogP contribution in [0.15, 0.2) is 36.4 Å². The molecule has 7 nitrogen and oxygen atoms in total. The van der Waals surface area contributed by atoms with Crippen LogP contribution in [0.3, 0.4) is 0 Å². The van der Waals surface area contributed by atoms with Crippen molar-refractivity contribution in [3.05, 3.63) is 36.4 Å². The largest absolute Gasteiger partial charge is 0.493 e. The Balaban J connectivity index is 1.92. The van der Waals surface area contributed by atoms with Crippen molar-refractivity contribution in [1.29, 1.82) is 0 Å². The molecule has 0 radical (unpaired) electrons. The highest BCUT2D eigenvalue weighted by molar-refractivity contribution is 5.66. The first-order valence-electron chi connectivity index (χ1n) is 8.75. The van der Waals surface area contributed by atoms with Gasteiger partial charge in [0, 0.05) is 11.1 Å². The van der Waals surface area contributed by atoms with Gasteiger partial charge >= 0.3 is 0 Å². The van der Waals surface area contributed by atoms with Crippen molar-refractivity contribution in [3.8, 4) is 45.8 Å². The molecule has 3 rings (SSSR count). The molecule has 0 fully saturated rings. The molecular weight excluding hydrogens is 346 g/mol. The summed E-state index contributed by atoms with van der Waals surface area (Å²) in [6.45, 7) is 5.00. The Morgan fingerprint density at radius 1 is 0.778 bits per heavy atom. The van der Waals surface area contributed by atoms with E-state index in [-0.39, 0.29) is 0 Å². The molecule has 0 saturated carbocycles. The van der Waals surface area contributed by atoms with Crippen LogP contribution >= 0.6 is 0 Å². The number of rotatable bonds is 8. The van der Waals surface area contributed by atoms with E-state index in [0.29, 0.717) is 47.9 Å². The van der Waals surface area contributed by atoms with Crippen LogP contribution in [0.4, 0.5) is 0 Å². The summed E-state index contributed by atoms with van der Waals surface area (Å²) >= 11 is 0. The molecule has 1 aromatic heterocycles. The van der Waals surface area contributed by atoms with Gasteiger partial charge in [-0.05, 0) is 50.2 Å². The number of hydrogen-bond acceptors (Lipinski definition) is 6. The molecule has 0 aliphatic heterocycles. The second-order valence-corrected chi connectivity index (χ2v) is 5.60. The number of ether oxygens (including phenoxy) is 4. The first-order valence-corrected chi connectivity index (χ1v) is 8.75. The highest BCUT2D eigenvalue weighted by Gasteiger charge is 2.13. The first kappa shape index (κ1) is 18.6. The number of nitrogens with zero attached hydrogens (tertiary/aromatic N) is 2. The Labute approximate surface area is 158 Å². The van der Waals surface area contributed by atoms with Crippen LogP contribution in [0.1, 0.15) is 13.8 Å². The molecule has 0 spiro atoms. The van der Waals surface area contributed by atoms with Crippen LogP contribution in [0, 0.1) is 0 Å². The van der Waals surface area contributed by atoms with E-state index in [9.17, 15) is 0 Å². The van der Waals surface area contributed by atoms with Gasteiger partial charge in [0.15, 0.2) is 34.6 Å². The fourth-order valence-corrected chi connectivity index (χ4v) is 2.69. The maximum Gasteiger partial charge on any atom is 0.181 e. The van der Waals surface area contributed by atoms with E-state index in [0.717, 1.165) is 11.1 Å². The normalized spacial score (nSPS) is 10.5. The predicted molar refractivity (Wildman–Crippen MR) is 103 cm³/mol. The summed E-state index contributed by atoms with van der Waals surface area (Å²) < 4.78 is 21.9. The first-order chi connectivity index (χ1) is 13.2. The quantitative estimate of drug-likeness (QED) is 0.648. The third-order valence-corrected chi connectivity index (χ3v) is 3.94. The third kappa shape index (κ3) is 3.97. The van der Waals surface area contributed by atoms with Crippen molar-refractivity contribution in [1.82, 2.24) is 15.2 Å². The number of H-pyrrole nitrogens is 1. The van der Waals surface area contributed by atoms with Crippen molar-refractivity contribution < 1.29 is 18.9 Å². The molecule has 1 heterocycles. The zero-order valence-electron chi connectivity index (χ0n) is 15.9. The van der Waals surface area contributed by atoms with Gasteiger partial charge in [0.05, 0.1) is 27.4 Å². The fourth-order valence-electron chi connectivity index (χ4n) is 2.69. The summed E-state index contributed by atoms with van der Waals surface area (Å²) in [7, 11) is 3.20. The van der Waals surface area contributed by atoms with Gasteiger partial charge in [0.25, 0.3) is 0 Å². The Hall–Kier alpha value is -3.22. The minimum absolute atomic E-state index is 0.550. The van der Waals surface area contributed by atoms with Gasteiger partial charge in [0.1, 0.15) is 0 Å². The van der Waals surface area contributed by atoms with E-state index in [1.165, 1.54) is 0 Å². The lowest BCUT2D eigenvalue weighted by molar-refractivity contribution is 0.288. The molecule has 0 aliphatic rings. The molecule has 7 heteroatoms. The molecule has 27 heavy (non-hydrogen) atoms. The molecule has 0 aliphatic carbocycles. The van der Waals surface area contributed by atoms with E-state index < -0.39 is 0 Å². The topological polar surface area (TPSA) is 78.5 Å². The van der Waals surface area contributed by atoms with Crippen LogP contribution in [0.25, 0.3) is 22.8 Å². The highest BCUT2D eigenvalue weighted by Crippen LogP contribution is 2.34. The van der Waals surface area contributed by atoms with Gasteiger partial charge in [-0.15, -0.1) is 0 Å². The zero-order chi connectivity index (χ0) is 19.2. The lowest BCUT2D eigenvalue weighted by Gasteiger charge is -2.11. The summed E-state index contributed by atoms with van der Waals surface area (Å²) in [6.07, 6.45) is 0. The van der Waals surface area contributed by atoms with Crippen LogP contribution in [0.2, 0.25) is 0 Å². The molecular formula is C20H23N3O4. The SMILES string of the molecule is CCOc1ccc(-c2n[nH]c(-c3ccc(OC)c(OC)c3)n2)cc1OCC. The lowest BCUT2D eigenvalue weighted by Crippen LogP contribution is -1.98. The second kappa shape index (κ2) is 8.44. The second-order valence-electron chi connectivity index (χ2n) is 5.60. The molecule has 142 valence electrons. The highest BCUT2D eigenvalue weighted by atomic mass is 16.5.